The molecule has 2 aromatic carbocycles. The summed E-state index contributed by atoms with van der Waals surface area (Å²) in [6.07, 6.45) is 0. The van der Waals surface area contributed by atoms with Gasteiger partial charge in [-0.3, -0.25) is 4.79 Å². The van der Waals surface area contributed by atoms with Crippen molar-refractivity contribution in [3.05, 3.63) is 53.8 Å². The highest BCUT2D eigenvalue weighted by Gasteiger charge is 2.29. The molecule has 1 amide bonds. The number of likely N-dealkylation sites (N-methyl/N-ethyl adjacent to an activating group) is 1. The normalized spacial score (nSPS) is 17.7. The molecule has 0 fully saturated rings. The minimum Gasteiger partial charge on any atom is -0.316 e. The number of hydrogen-bond acceptors (Lipinski definition) is 2. The van der Waals surface area contributed by atoms with Gasteiger partial charge in [-0.15, -0.1) is 0 Å². The number of carbonyl (C=O) groups is 1. The number of amides is 1. The van der Waals surface area contributed by atoms with Gasteiger partial charge in [0, 0.05) is 12.6 Å². The Labute approximate surface area is 110 Å². The number of carbonyl (C=O) groups excluding carboxylic acids is 1. The second-order valence-corrected chi connectivity index (χ2v) is 4.62. The third kappa shape index (κ3) is 1.72. The van der Waals surface area contributed by atoms with Crippen molar-refractivity contribution >= 4 is 11.6 Å². The van der Waals surface area contributed by atoms with Crippen LogP contribution in [0.25, 0.3) is 11.1 Å². The molecule has 2 aromatic rings. The molecule has 1 aliphatic heterocycles. The SMILES string of the molecule is CN1C(=O)[C@H](N)c2ccccc2-c2cc(F)ccc21. The molecule has 0 saturated carbocycles. The maximum absolute atomic E-state index is 13.5. The van der Waals surface area contributed by atoms with Crippen LogP contribution in [-0.4, -0.2) is 13.0 Å². The van der Waals surface area contributed by atoms with Crippen LogP contribution in [0.1, 0.15) is 11.6 Å². The number of benzene rings is 2. The zero-order valence-electron chi connectivity index (χ0n) is 10.4. The van der Waals surface area contributed by atoms with E-state index in [1.165, 1.54) is 17.0 Å². The number of fused-ring (bicyclic) bond motifs is 3. The maximum atomic E-state index is 13.5. The number of nitrogens with two attached hydrogens (primary N) is 1. The first-order valence-corrected chi connectivity index (χ1v) is 6.01. The first-order valence-electron chi connectivity index (χ1n) is 6.01. The van der Waals surface area contributed by atoms with E-state index in [1.807, 2.05) is 24.3 Å². The van der Waals surface area contributed by atoms with Gasteiger partial charge in [0.2, 0.25) is 5.91 Å². The van der Waals surface area contributed by atoms with E-state index in [9.17, 15) is 9.18 Å². The Bertz CT molecular complexity index is 669. The van der Waals surface area contributed by atoms with Crippen LogP contribution >= 0.6 is 0 Å². The van der Waals surface area contributed by atoms with Crippen molar-refractivity contribution in [3.63, 3.8) is 0 Å². The minimum atomic E-state index is -0.725. The van der Waals surface area contributed by atoms with E-state index in [1.54, 1.807) is 13.1 Å². The predicted molar refractivity (Wildman–Crippen MR) is 72.2 cm³/mol. The topological polar surface area (TPSA) is 46.3 Å². The van der Waals surface area contributed by atoms with E-state index in [0.29, 0.717) is 11.3 Å². The fourth-order valence-electron chi connectivity index (χ4n) is 2.49. The van der Waals surface area contributed by atoms with E-state index < -0.39 is 6.04 Å². The van der Waals surface area contributed by atoms with Crippen LogP contribution < -0.4 is 10.6 Å². The van der Waals surface area contributed by atoms with Crippen molar-refractivity contribution < 1.29 is 9.18 Å². The van der Waals surface area contributed by atoms with Crippen LogP contribution in [0.2, 0.25) is 0 Å². The summed E-state index contributed by atoms with van der Waals surface area (Å²) in [6, 6.07) is 11.0. The van der Waals surface area contributed by atoms with Gasteiger partial charge in [0.1, 0.15) is 11.9 Å². The van der Waals surface area contributed by atoms with Crippen molar-refractivity contribution in [1.82, 2.24) is 0 Å². The van der Waals surface area contributed by atoms with Crippen molar-refractivity contribution in [3.8, 4) is 11.1 Å². The van der Waals surface area contributed by atoms with Gasteiger partial charge in [-0.2, -0.15) is 0 Å². The molecule has 3 nitrogen and oxygen atoms in total. The summed E-state index contributed by atoms with van der Waals surface area (Å²) in [7, 11) is 1.66. The summed E-state index contributed by atoms with van der Waals surface area (Å²) in [6.45, 7) is 0. The molecule has 1 atom stereocenters. The highest BCUT2D eigenvalue weighted by molar-refractivity contribution is 6.04. The summed E-state index contributed by atoms with van der Waals surface area (Å²) in [4.78, 5) is 13.7. The molecule has 96 valence electrons. The Hall–Kier alpha value is -2.20. The Morgan fingerprint density at radius 1 is 1.16 bits per heavy atom. The lowest BCUT2D eigenvalue weighted by molar-refractivity contribution is -0.119. The Balaban J connectivity index is 2.37. The highest BCUT2D eigenvalue weighted by Crippen LogP contribution is 2.39. The van der Waals surface area contributed by atoms with Crippen molar-refractivity contribution in [2.75, 3.05) is 11.9 Å². The van der Waals surface area contributed by atoms with Gasteiger partial charge in [0.05, 0.1) is 5.69 Å². The highest BCUT2D eigenvalue weighted by atomic mass is 19.1. The van der Waals surface area contributed by atoms with E-state index in [2.05, 4.69) is 0 Å². The summed E-state index contributed by atoms with van der Waals surface area (Å²) in [5, 5.41) is 0. The zero-order valence-corrected chi connectivity index (χ0v) is 10.4. The lowest BCUT2D eigenvalue weighted by atomic mass is 9.96. The average Bonchev–Trinajstić information content (AvgIpc) is 2.51. The third-order valence-corrected chi connectivity index (χ3v) is 3.50. The predicted octanol–water partition coefficient (Wildman–Crippen LogP) is 2.47. The molecule has 0 aromatic heterocycles. The van der Waals surface area contributed by atoms with Crippen LogP contribution in [0.4, 0.5) is 10.1 Å². The van der Waals surface area contributed by atoms with E-state index in [0.717, 1.165) is 11.1 Å². The summed E-state index contributed by atoms with van der Waals surface area (Å²) < 4.78 is 13.5. The second-order valence-electron chi connectivity index (χ2n) is 4.62. The van der Waals surface area contributed by atoms with Crippen molar-refractivity contribution in [1.29, 1.82) is 0 Å². The van der Waals surface area contributed by atoms with Gasteiger partial charge in [-0.1, -0.05) is 24.3 Å². The minimum absolute atomic E-state index is 0.196. The lowest BCUT2D eigenvalue weighted by Gasteiger charge is -2.19. The van der Waals surface area contributed by atoms with E-state index in [-0.39, 0.29) is 11.7 Å². The molecule has 2 N–H and O–H groups in total. The molecule has 1 aliphatic rings. The number of halogens is 1. The largest absolute Gasteiger partial charge is 0.316 e. The van der Waals surface area contributed by atoms with Crippen LogP contribution in [0.15, 0.2) is 42.5 Å². The molecule has 0 unspecified atom stereocenters. The molecule has 19 heavy (non-hydrogen) atoms. The average molecular weight is 256 g/mol. The van der Waals surface area contributed by atoms with Gasteiger partial charge in [-0.25, -0.2) is 4.39 Å². The smallest absolute Gasteiger partial charge is 0.248 e. The van der Waals surface area contributed by atoms with Gasteiger partial charge >= 0.3 is 0 Å². The molecule has 0 bridgehead atoms. The molecule has 0 aliphatic carbocycles. The van der Waals surface area contributed by atoms with E-state index in [4.69, 9.17) is 5.73 Å². The van der Waals surface area contributed by atoms with Gasteiger partial charge in [-0.05, 0) is 29.3 Å². The fraction of sp³-hybridized carbons (Fsp3) is 0.133. The second kappa shape index (κ2) is 4.17. The third-order valence-electron chi connectivity index (χ3n) is 3.50. The van der Waals surface area contributed by atoms with Crippen molar-refractivity contribution in [2.24, 2.45) is 5.73 Å². The van der Waals surface area contributed by atoms with E-state index >= 15 is 0 Å². The monoisotopic (exact) mass is 256 g/mol. The first kappa shape index (κ1) is 11.9. The molecule has 0 spiro atoms. The molecule has 3 rings (SSSR count). The molecular formula is C15H13FN2O. The van der Waals surface area contributed by atoms with Crippen LogP contribution in [0.3, 0.4) is 0 Å². The number of anilines is 1. The Morgan fingerprint density at radius 3 is 2.68 bits per heavy atom. The molecule has 0 saturated heterocycles. The van der Waals surface area contributed by atoms with Gasteiger partial charge < -0.3 is 10.6 Å². The molecule has 1 heterocycles. The van der Waals surface area contributed by atoms with Crippen LogP contribution in [0, 0.1) is 5.82 Å². The molecular weight excluding hydrogens is 243 g/mol. The number of hydrogen-bond donors (Lipinski definition) is 1. The first-order chi connectivity index (χ1) is 9.09. The maximum Gasteiger partial charge on any atom is 0.248 e. The summed E-state index contributed by atoms with van der Waals surface area (Å²) >= 11 is 0. The summed E-state index contributed by atoms with van der Waals surface area (Å²) in [5.41, 5.74) is 8.91. The Kier molecular flexibility index (Phi) is 2.61. The van der Waals surface area contributed by atoms with Gasteiger partial charge in [0.25, 0.3) is 0 Å². The van der Waals surface area contributed by atoms with Crippen LogP contribution in [-0.2, 0) is 4.79 Å². The lowest BCUT2D eigenvalue weighted by Crippen LogP contribution is -2.34. The standard InChI is InChI=1S/C15H13FN2O/c1-18-13-7-6-9(16)8-12(13)10-4-2-3-5-11(10)14(17)15(18)19/h2-8,14H,17H2,1H3/t14-/m1/s1. The molecule has 4 heteroatoms. The summed E-state index contributed by atoms with van der Waals surface area (Å²) in [5.74, 6) is -0.525. The zero-order chi connectivity index (χ0) is 13.6. The van der Waals surface area contributed by atoms with Gasteiger partial charge in [0.15, 0.2) is 0 Å². The number of rotatable bonds is 0. The van der Waals surface area contributed by atoms with Crippen LogP contribution in [0.5, 0.6) is 0 Å². The fourth-order valence-corrected chi connectivity index (χ4v) is 2.49. The quantitative estimate of drug-likeness (QED) is 0.787. The Morgan fingerprint density at radius 2 is 1.89 bits per heavy atom. The number of nitrogens with zero attached hydrogens (tertiary/aromatic N) is 1. The molecule has 0 radical (unpaired) electrons. The van der Waals surface area contributed by atoms with Crippen molar-refractivity contribution in [2.45, 2.75) is 6.04 Å².